The van der Waals surface area contributed by atoms with Gasteiger partial charge in [0.1, 0.15) is 6.07 Å². The number of benzene rings is 1. The van der Waals surface area contributed by atoms with E-state index in [1.807, 2.05) is 0 Å². The van der Waals surface area contributed by atoms with Gasteiger partial charge in [-0.25, -0.2) is 13.1 Å². The summed E-state index contributed by atoms with van der Waals surface area (Å²) in [6.45, 7) is -0.338. The van der Waals surface area contributed by atoms with Crippen molar-refractivity contribution in [2.24, 2.45) is 0 Å². The number of hydrogen-bond acceptors (Lipinski definition) is 4. The van der Waals surface area contributed by atoms with Crippen LogP contribution in [0.2, 0.25) is 0 Å². The fraction of sp³-hybridized carbons (Fsp3) is 0.273. The van der Waals surface area contributed by atoms with Crippen molar-refractivity contribution in [1.29, 1.82) is 5.26 Å². The van der Waals surface area contributed by atoms with E-state index in [0.717, 1.165) is 0 Å². The summed E-state index contributed by atoms with van der Waals surface area (Å²) in [6.07, 6.45) is 0. The van der Waals surface area contributed by atoms with E-state index in [0.29, 0.717) is 0 Å². The first-order valence-electron chi connectivity index (χ1n) is 5.07. The SMILES string of the molecule is CN(C)C(=O)CNS(=O)(=O)c1ccccc1C#N. The molecule has 1 amide bonds. The second kappa shape index (κ2) is 5.62. The van der Waals surface area contributed by atoms with Crippen LogP contribution in [0.3, 0.4) is 0 Å². The van der Waals surface area contributed by atoms with Gasteiger partial charge in [0.15, 0.2) is 0 Å². The minimum Gasteiger partial charge on any atom is -0.348 e. The highest BCUT2D eigenvalue weighted by Gasteiger charge is 2.19. The topological polar surface area (TPSA) is 90.3 Å². The molecule has 0 atom stereocenters. The van der Waals surface area contributed by atoms with Gasteiger partial charge in [0.25, 0.3) is 0 Å². The molecule has 0 unspecified atom stereocenters. The molecule has 0 saturated heterocycles. The van der Waals surface area contributed by atoms with Crippen molar-refractivity contribution in [1.82, 2.24) is 9.62 Å². The number of hydrogen-bond donors (Lipinski definition) is 1. The molecule has 0 fully saturated rings. The Morgan fingerprint density at radius 3 is 2.56 bits per heavy atom. The largest absolute Gasteiger partial charge is 0.348 e. The van der Waals surface area contributed by atoms with Gasteiger partial charge in [-0.3, -0.25) is 4.79 Å². The molecule has 96 valence electrons. The number of carbonyl (C=O) groups is 1. The minimum atomic E-state index is -3.85. The van der Waals surface area contributed by atoms with Crippen molar-refractivity contribution in [3.63, 3.8) is 0 Å². The minimum absolute atomic E-state index is 0.0438. The summed E-state index contributed by atoms with van der Waals surface area (Å²) in [5, 5.41) is 8.83. The van der Waals surface area contributed by atoms with Crippen LogP contribution in [-0.2, 0) is 14.8 Å². The number of sulfonamides is 1. The first kappa shape index (κ1) is 14.2. The molecule has 1 N–H and O–H groups in total. The molecular formula is C11H13N3O3S. The average molecular weight is 267 g/mol. The summed E-state index contributed by atoms with van der Waals surface area (Å²) in [5.74, 6) is -0.368. The molecule has 0 radical (unpaired) electrons. The van der Waals surface area contributed by atoms with Crippen LogP contribution in [-0.4, -0.2) is 39.9 Å². The van der Waals surface area contributed by atoms with Crippen LogP contribution < -0.4 is 4.72 Å². The maximum atomic E-state index is 11.9. The predicted molar refractivity (Wildman–Crippen MR) is 65.0 cm³/mol. The molecule has 1 aromatic rings. The maximum Gasteiger partial charge on any atom is 0.242 e. The highest BCUT2D eigenvalue weighted by molar-refractivity contribution is 7.89. The summed E-state index contributed by atoms with van der Waals surface area (Å²) in [5.41, 5.74) is 0.0438. The molecule has 1 aromatic carbocycles. The van der Waals surface area contributed by atoms with E-state index in [1.54, 1.807) is 12.1 Å². The highest BCUT2D eigenvalue weighted by Crippen LogP contribution is 2.13. The normalized spacial score (nSPS) is 10.7. The van der Waals surface area contributed by atoms with E-state index in [4.69, 9.17) is 5.26 Å². The summed E-state index contributed by atoms with van der Waals surface area (Å²) in [7, 11) is -0.796. The Morgan fingerprint density at radius 2 is 2.00 bits per heavy atom. The van der Waals surface area contributed by atoms with Gasteiger partial charge in [-0.1, -0.05) is 12.1 Å². The molecule has 0 spiro atoms. The number of nitriles is 1. The lowest BCUT2D eigenvalue weighted by atomic mass is 10.2. The lowest BCUT2D eigenvalue weighted by Gasteiger charge is -2.11. The van der Waals surface area contributed by atoms with E-state index in [-0.39, 0.29) is 22.9 Å². The monoisotopic (exact) mass is 267 g/mol. The van der Waals surface area contributed by atoms with Gasteiger partial charge in [-0.05, 0) is 12.1 Å². The Hall–Kier alpha value is -1.91. The lowest BCUT2D eigenvalue weighted by Crippen LogP contribution is -2.36. The molecule has 18 heavy (non-hydrogen) atoms. The summed E-state index contributed by atoms with van der Waals surface area (Å²) in [6, 6.07) is 7.61. The van der Waals surface area contributed by atoms with Crippen LogP contribution in [0, 0.1) is 11.3 Å². The van der Waals surface area contributed by atoms with Crippen LogP contribution in [0.15, 0.2) is 29.2 Å². The van der Waals surface area contributed by atoms with E-state index >= 15 is 0 Å². The van der Waals surface area contributed by atoms with Crippen LogP contribution >= 0.6 is 0 Å². The molecule has 1 rings (SSSR count). The third kappa shape index (κ3) is 3.29. The first-order valence-corrected chi connectivity index (χ1v) is 6.55. The standard InChI is InChI=1S/C11H13N3O3S/c1-14(2)11(15)8-13-18(16,17)10-6-4-3-5-9(10)7-12/h3-6,13H,8H2,1-2H3. The van der Waals surface area contributed by atoms with Gasteiger partial charge in [0.2, 0.25) is 15.9 Å². The zero-order valence-corrected chi connectivity index (χ0v) is 10.9. The number of carbonyl (C=O) groups excluding carboxylic acids is 1. The van der Waals surface area contributed by atoms with Gasteiger partial charge < -0.3 is 4.90 Å². The average Bonchev–Trinajstić information content (AvgIpc) is 2.35. The number of nitrogens with zero attached hydrogens (tertiary/aromatic N) is 2. The summed E-state index contributed by atoms with van der Waals surface area (Å²) < 4.78 is 26.0. The quantitative estimate of drug-likeness (QED) is 0.826. The first-order chi connectivity index (χ1) is 8.38. The van der Waals surface area contributed by atoms with Crippen LogP contribution in [0.25, 0.3) is 0 Å². The van der Waals surface area contributed by atoms with Crippen LogP contribution in [0.5, 0.6) is 0 Å². The zero-order chi connectivity index (χ0) is 13.8. The lowest BCUT2D eigenvalue weighted by molar-refractivity contribution is -0.127. The van der Waals surface area contributed by atoms with Gasteiger partial charge in [-0.2, -0.15) is 5.26 Å². The molecule has 6 nitrogen and oxygen atoms in total. The van der Waals surface area contributed by atoms with Crippen molar-refractivity contribution < 1.29 is 13.2 Å². The molecule has 0 bridgehead atoms. The second-order valence-corrected chi connectivity index (χ2v) is 5.46. The number of rotatable bonds is 4. The predicted octanol–water partition coefficient (Wildman–Crippen LogP) is -0.0752. The summed E-state index contributed by atoms with van der Waals surface area (Å²) >= 11 is 0. The number of nitrogens with one attached hydrogen (secondary N) is 1. The van der Waals surface area contributed by atoms with Gasteiger partial charge in [0.05, 0.1) is 17.0 Å². The molecule has 0 aliphatic rings. The van der Waals surface area contributed by atoms with E-state index in [2.05, 4.69) is 4.72 Å². The second-order valence-electron chi connectivity index (χ2n) is 3.72. The fourth-order valence-electron chi connectivity index (χ4n) is 1.19. The Kier molecular flexibility index (Phi) is 4.42. The van der Waals surface area contributed by atoms with Gasteiger partial charge in [0, 0.05) is 14.1 Å². The van der Waals surface area contributed by atoms with Crippen molar-refractivity contribution in [3.8, 4) is 6.07 Å². The van der Waals surface area contributed by atoms with Crippen molar-refractivity contribution in [3.05, 3.63) is 29.8 Å². The van der Waals surface area contributed by atoms with E-state index in [1.165, 1.54) is 37.2 Å². The molecular weight excluding hydrogens is 254 g/mol. The Labute approximate surface area is 106 Å². The number of likely N-dealkylation sites (N-methyl/N-ethyl adjacent to an activating group) is 1. The smallest absolute Gasteiger partial charge is 0.242 e. The van der Waals surface area contributed by atoms with Crippen molar-refractivity contribution in [2.75, 3.05) is 20.6 Å². The molecule has 0 saturated carbocycles. The van der Waals surface area contributed by atoms with Gasteiger partial charge in [-0.15, -0.1) is 0 Å². The Balaban J connectivity index is 2.95. The van der Waals surface area contributed by atoms with Crippen molar-refractivity contribution in [2.45, 2.75) is 4.90 Å². The van der Waals surface area contributed by atoms with E-state index < -0.39 is 10.0 Å². The van der Waals surface area contributed by atoms with Crippen molar-refractivity contribution >= 4 is 15.9 Å². The molecule has 0 aliphatic carbocycles. The third-order valence-electron chi connectivity index (χ3n) is 2.21. The third-order valence-corrected chi connectivity index (χ3v) is 3.67. The maximum absolute atomic E-state index is 11.9. The molecule has 0 aliphatic heterocycles. The van der Waals surface area contributed by atoms with Gasteiger partial charge >= 0.3 is 0 Å². The Bertz CT molecular complexity index is 588. The molecule has 7 heteroatoms. The molecule has 0 aromatic heterocycles. The summed E-state index contributed by atoms with van der Waals surface area (Å²) in [4.78, 5) is 12.5. The van der Waals surface area contributed by atoms with E-state index in [9.17, 15) is 13.2 Å². The van der Waals surface area contributed by atoms with Crippen LogP contribution in [0.4, 0.5) is 0 Å². The fourth-order valence-corrected chi connectivity index (χ4v) is 2.32. The van der Waals surface area contributed by atoms with Crippen LogP contribution in [0.1, 0.15) is 5.56 Å². The highest BCUT2D eigenvalue weighted by atomic mass is 32.2. The molecule has 0 heterocycles. The Morgan fingerprint density at radius 1 is 1.39 bits per heavy atom. The zero-order valence-electron chi connectivity index (χ0n) is 10.0. The number of amides is 1.